The van der Waals surface area contributed by atoms with Crippen LogP contribution in [0.3, 0.4) is 0 Å². The predicted octanol–water partition coefficient (Wildman–Crippen LogP) is 3.05. The average molecular weight is 311 g/mol. The summed E-state index contributed by atoms with van der Waals surface area (Å²) < 4.78 is 27.3. The minimum absolute atomic E-state index is 0.230. The smallest absolute Gasteiger partial charge is 0.261 e. The highest BCUT2D eigenvalue weighted by Crippen LogP contribution is 2.17. The average Bonchev–Trinajstić information content (AvgIpc) is 2.30. The molecule has 0 fully saturated rings. The normalized spacial score (nSPS) is 11.1. The lowest BCUT2D eigenvalue weighted by molar-refractivity contribution is 0.601. The van der Waals surface area contributed by atoms with Crippen molar-refractivity contribution in [3.63, 3.8) is 0 Å². The van der Waals surface area contributed by atoms with Gasteiger partial charge in [0.1, 0.15) is 0 Å². The SMILES string of the molecule is O=S(=O)(Nc1cc[c]cc1)c1ccc(Br)cc1. The molecular weight excluding hydrogens is 302 g/mol. The fourth-order valence-corrected chi connectivity index (χ4v) is 2.61. The van der Waals surface area contributed by atoms with Gasteiger partial charge in [0.15, 0.2) is 0 Å². The third-order valence-corrected chi connectivity index (χ3v) is 4.02. The van der Waals surface area contributed by atoms with Crippen LogP contribution >= 0.6 is 15.9 Å². The Hall–Kier alpha value is -1.33. The lowest BCUT2D eigenvalue weighted by Gasteiger charge is -2.07. The number of benzene rings is 2. The summed E-state index contributed by atoms with van der Waals surface area (Å²) in [5, 5.41) is 0. The van der Waals surface area contributed by atoms with E-state index in [2.05, 4.69) is 26.7 Å². The molecule has 2 aromatic carbocycles. The molecular formula is C12H9BrNO2S. The van der Waals surface area contributed by atoms with Crippen molar-refractivity contribution in [1.82, 2.24) is 0 Å². The second-order valence-corrected chi connectivity index (χ2v) is 5.95. The molecule has 0 aliphatic heterocycles. The van der Waals surface area contributed by atoms with Crippen LogP contribution in [0.15, 0.2) is 57.9 Å². The zero-order valence-corrected chi connectivity index (χ0v) is 11.1. The van der Waals surface area contributed by atoms with Gasteiger partial charge in [0.2, 0.25) is 0 Å². The molecule has 3 nitrogen and oxygen atoms in total. The summed E-state index contributed by atoms with van der Waals surface area (Å²) >= 11 is 3.26. The van der Waals surface area contributed by atoms with E-state index in [0.29, 0.717) is 5.69 Å². The van der Waals surface area contributed by atoms with Gasteiger partial charge in [-0.2, -0.15) is 0 Å². The summed E-state index contributed by atoms with van der Waals surface area (Å²) in [7, 11) is -3.51. The van der Waals surface area contributed by atoms with Crippen LogP contribution in [0, 0.1) is 6.07 Å². The van der Waals surface area contributed by atoms with E-state index in [1.807, 2.05) is 0 Å². The van der Waals surface area contributed by atoms with Crippen LogP contribution in [-0.2, 0) is 10.0 Å². The summed E-state index contributed by atoms with van der Waals surface area (Å²) in [4.78, 5) is 0.230. The maximum atomic E-state index is 12.0. The number of anilines is 1. The molecule has 17 heavy (non-hydrogen) atoms. The standard InChI is InChI=1S/C12H9BrNO2S/c13-10-6-8-12(9-7-10)17(15,16)14-11-4-2-1-3-5-11/h2-9,14H. The third-order valence-electron chi connectivity index (χ3n) is 2.09. The molecule has 0 saturated carbocycles. The molecule has 2 rings (SSSR count). The largest absolute Gasteiger partial charge is 0.280 e. The molecule has 2 aromatic rings. The monoisotopic (exact) mass is 310 g/mol. The van der Waals surface area contributed by atoms with Crippen LogP contribution in [0.2, 0.25) is 0 Å². The van der Waals surface area contributed by atoms with Gasteiger partial charge in [-0.05, 0) is 42.5 Å². The third kappa shape index (κ3) is 3.08. The zero-order chi connectivity index (χ0) is 12.3. The van der Waals surface area contributed by atoms with Crippen molar-refractivity contribution in [1.29, 1.82) is 0 Å². The number of hydrogen-bond donors (Lipinski definition) is 1. The molecule has 5 heteroatoms. The number of nitrogens with one attached hydrogen (secondary N) is 1. The second-order valence-electron chi connectivity index (χ2n) is 3.35. The molecule has 0 saturated heterocycles. The number of sulfonamides is 1. The van der Waals surface area contributed by atoms with Crippen molar-refractivity contribution in [2.24, 2.45) is 0 Å². The van der Waals surface area contributed by atoms with Gasteiger partial charge in [-0.3, -0.25) is 4.72 Å². The Bertz CT molecular complexity index is 594. The van der Waals surface area contributed by atoms with E-state index in [1.54, 1.807) is 48.5 Å². The Labute approximate surface area is 109 Å². The van der Waals surface area contributed by atoms with E-state index >= 15 is 0 Å². The molecule has 0 spiro atoms. The summed E-state index contributed by atoms with van der Waals surface area (Å²) in [6.07, 6.45) is 0. The Morgan fingerprint density at radius 1 is 1.00 bits per heavy atom. The molecule has 0 heterocycles. The number of rotatable bonds is 3. The fraction of sp³-hybridized carbons (Fsp3) is 0. The van der Waals surface area contributed by atoms with Crippen LogP contribution in [0.1, 0.15) is 0 Å². The van der Waals surface area contributed by atoms with Gasteiger partial charge in [0, 0.05) is 10.2 Å². The van der Waals surface area contributed by atoms with Gasteiger partial charge in [0.05, 0.1) is 4.90 Å². The lowest BCUT2D eigenvalue weighted by Crippen LogP contribution is -2.12. The van der Waals surface area contributed by atoms with Crippen molar-refractivity contribution < 1.29 is 8.42 Å². The Morgan fingerprint density at radius 2 is 1.59 bits per heavy atom. The second kappa shape index (κ2) is 4.89. The van der Waals surface area contributed by atoms with Crippen LogP contribution in [0.25, 0.3) is 0 Å². The zero-order valence-electron chi connectivity index (χ0n) is 8.72. The van der Waals surface area contributed by atoms with Gasteiger partial charge >= 0.3 is 0 Å². The van der Waals surface area contributed by atoms with Crippen molar-refractivity contribution in [2.45, 2.75) is 4.90 Å². The highest BCUT2D eigenvalue weighted by atomic mass is 79.9. The van der Waals surface area contributed by atoms with Gasteiger partial charge in [-0.15, -0.1) is 0 Å². The first kappa shape index (κ1) is 12.1. The summed E-state index contributed by atoms with van der Waals surface area (Å²) in [5.41, 5.74) is 0.520. The summed E-state index contributed by atoms with van der Waals surface area (Å²) in [5.74, 6) is 0. The van der Waals surface area contributed by atoms with Gasteiger partial charge in [0.25, 0.3) is 10.0 Å². The van der Waals surface area contributed by atoms with Gasteiger partial charge in [-0.25, -0.2) is 8.42 Å². The maximum absolute atomic E-state index is 12.0. The van der Waals surface area contributed by atoms with Crippen LogP contribution in [0.5, 0.6) is 0 Å². The van der Waals surface area contributed by atoms with E-state index in [4.69, 9.17) is 0 Å². The highest BCUT2D eigenvalue weighted by Gasteiger charge is 2.13. The molecule has 1 N–H and O–H groups in total. The fourth-order valence-electron chi connectivity index (χ4n) is 1.28. The molecule has 0 aromatic heterocycles. The predicted molar refractivity (Wildman–Crippen MR) is 70.2 cm³/mol. The van der Waals surface area contributed by atoms with Gasteiger partial charge in [-0.1, -0.05) is 28.1 Å². The van der Waals surface area contributed by atoms with E-state index < -0.39 is 10.0 Å². The Kier molecular flexibility index (Phi) is 3.49. The van der Waals surface area contributed by atoms with Crippen molar-refractivity contribution in [3.05, 3.63) is 59.1 Å². The Morgan fingerprint density at radius 3 is 2.18 bits per heavy atom. The summed E-state index contributed by atoms with van der Waals surface area (Å²) in [6.45, 7) is 0. The lowest BCUT2D eigenvalue weighted by atomic mass is 10.3. The molecule has 0 unspecified atom stereocenters. The van der Waals surface area contributed by atoms with Gasteiger partial charge < -0.3 is 0 Å². The molecule has 1 radical (unpaired) electrons. The van der Waals surface area contributed by atoms with Crippen LogP contribution in [0.4, 0.5) is 5.69 Å². The molecule has 0 aliphatic carbocycles. The molecule has 0 amide bonds. The minimum atomic E-state index is -3.51. The van der Waals surface area contributed by atoms with Crippen LogP contribution in [-0.4, -0.2) is 8.42 Å². The van der Waals surface area contributed by atoms with Crippen molar-refractivity contribution in [2.75, 3.05) is 4.72 Å². The number of halogens is 1. The molecule has 87 valence electrons. The minimum Gasteiger partial charge on any atom is -0.280 e. The molecule has 0 bridgehead atoms. The van der Waals surface area contributed by atoms with Crippen molar-refractivity contribution in [3.8, 4) is 0 Å². The maximum Gasteiger partial charge on any atom is 0.261 e. The van der Waals surface area contributed by atoms with E-state index in [-0.39, 0.29) is 4.90 Å². The molecule has 0 aliphatic rings. The first-order chi connectivity index (χ1) is 8.08. The van der Waals surface area contributed by atoms with E-state index in [9.17, 15) is 8.42 Å². The topological polar surface area (TPSA) is 46.2 Å². The van der Waals surface area contributed by atoms with E-state index in [1.165, 1.54) is 0 Å². The first-order valence-electron chi connectivity index (χ1n) is 4.82. The van der Waals surface area contributed by atoms with Crippen molar-refractivity contribution >= 4 is 31.6 Å². The molecule has 0 atom stereocenters. The first-order valence-corrected chi connectivity index (χ1v) is 7.10. The number of hydrogen-bond acceptors (Lipinski definition) is 2. The van der Waals surface area contributed by atoms with E-state index in [0.717, 1.165) is 4.47 Å². The highest BCUT2D eigenvalue weighted by molar-refractivity contribution is 9.10. The quantitative estimate of drug-likeness (QED) is 0.947. The summed E-state index contributed by atoms with van der Waals surface area (Å²) in [6, 6.07) is 15.9. The Balaban J connectivity index is 2.29. The van der Waals surface area contributed by atoms with Crippen LogP contribution < -0.4 is 4.72 Å².